The Hall–Kier alpha value is -2.30. The second kappa shape index (κ2) is 7.51. The molecule has 0 amide bonds. The summed E-state index contributed by atoms with van der Waals surface area (Å²) in [4.78, 5) is 25.3. The molecule has 0 bridgehead atoms. The fourth-order valence-electron chi connectivity index (χ4n) is 3.23. The number of carbonyl (C=O) groups excluding carboxylic acids is 2. The fourth-order valence-corrected chi connectivity index (χ4v) is 3.23. The maximum Gasteiger partial charge on any atom is 0.323 e. The Kier molecular flexibility index (Phi) is 5.65. The van der Waals surface area contributed by atoms with Gasteiger partial charge in [0.1, 0.15) is 5.75 Å². The summed E-state index contributed by atoms with van der Waals surface area (Å²) in [6.45, 7) is 7.75. The van der Waals surface area contributed by atoms with Gasteiger partial charge in [0.05, 0.1) is 20.3 Å². The van der Waals surface area contributed by atoms with Gasteiger partial charge in [-0.1, -0.05) is 12.1 Å². The minimum atomic E-state index is -1.33. The highest BCUT2D eigenvalue weighted by Gasteiger charge is 2.52. The van der Waals surface area contributed by atoms with E-state index in [9.17, 15) is 9.59 Å². The highest BCUT2D eigenvalue weighted by molar-refractivity contribution is 6.01. The molecule has 0 fully saturated rings. The number of esters is 2. The average molecular weight is 332 g/mol. The van der Waals surface area contributed by atoms with E-state index in [4.69, 9.17) is 14.2 Å². The second-order valence-electron chi connectivity index (χ2n) is 5.81. The van der Waals surface area contributed by atoms with Crippen LogP contribution < -0.4 is 4.74 Å². The zero-order valence-corrected chi connectivity index (χ0v) is 14.5. The molecule has 0 spiro atoms. The number of carbonyl (C=O) groups is 2. The summed E-state index contributed by atoms with van der Waals surface area (Å²) in [7, 11) is 1.61. The van der Waals surface area contributed by atoms with Crippen molar-refractivity contribution in [2.75, 3.05) is 20.3 Å². The van der Waals surface area contributed by atoms with Gasteiger partial charge in [0.2, 0.25) is 0 Å². The summed E-state index contributed by atoms with van der Waals surface area (Å²) in [5, 5.41) is 0. The van der Waals surface area contributed by atoms with E-state index in [2.05, 4.69) is 6.58 Å². The van der Waals surface area contributed by atoms with E-state index in [-0.39, 0.29) is 32.0 Å². The molecule has 1 aliphatic rings. The summed E-state index contributed by atoms with van der Waals surface area (Å²) in [6.07, 6.45) is 2.30. The first kappa shape index (κ1) is 18.0. The van der Waals surface area contributed by atoms with Gasteiger partial charge >= 0.3 is 11.9 Å². The second-order valence-corrected chi connectivity index (χ2v) is 5.81. The van der Waals surface area contributed by atoms with Crippen molar-refractivity contribution in [2.24, 2.45) is 5.41 Å². The zero-order valence-electron chi connectivity index (χ0n) is 14.5. The number of ether oxygens (including phenoxy) is 3. The Labute approximate surface area is 142 Å². The van der Waals surface area contributed by atoms with Crippen LogP contribution in [0.2, 0.25) is 0 Å². The number of benzene rings is 1. The quantitative estimate of drug-likeness (QED) is 0.455. The maximum absolute atomic E-state index is 12.6. The van der Waals surface area contributed by atoms with Gasteiger partial charge in [-0.25, -0.2) is 0 Å². The van der Waals surface area contributed by atoms with Crippen molar-refractivity contribution in [1.82, 2.24) is 0 Å². The Bertz CT molecular complexity index is 617. The average Bonchev–Trinajstić information content (AvgIpc) is 2.60. The van der Waals surface area contributed by atoms with Gasteiger partial charge in [0, 0.05) is 5.92 Å². The number of rotatable bonds is 6. The first-order valence-corrected chi connectivity index (χ1v) is 8.16. The van der Waals surface area contributed by atoms with Crippen LogP contribution in [0.15, 0.2) is 30.9 Å². The Morgan fingerprint density at radius 3 is 2.38 bits per heavy atom. The lowest BCUT2D eigenvalue weighted by atomic mass is 9.67. The molecule has 0 saturated carbocycles. The molecule has 0 heterocycles. The minimum absolute atomic E-state index is 0.155. The molecule has 5 nitrogen and oxygen atoms in total. The molecule has 0 aromatic heterocycles. The maximum atomic E-state index is 12.6. The van der Waals surface area contributed by atoms with Gasteiger partial charge in [-0.05, 0) is 49.9 Å². The molecular weight excluding hydrogens is 308 g/mol. The largest absolute Gasteiger partial charge is 0.497 e. The fraction of sp³-hybridized carbons (Fsp3) is 0.474. The lowest BCUT2D eigenvalue weighted by molar-refractivity contribution is -0.173. The van der Waals surface area contributed by atoms with Crippen LogP contribution in [0.5, 0.6) is 5.75 Å². The van der Waals surface area contributed by atoms with Crippen LogP contribution in [-0.4, -0.2) is 32.3 Å². The third-order valence-electron chi connectivity index (χ3n) is 4.43. The van der Waals surface area contributed by atoms with Gasteiger partial charge in [-0.2, -0.15) is 0 Å². The van der Waals surface area contributed by atoms with Crippen molar-refractivity contribution in [2.45, 2.75) is 32.6 Å². The molecule has 1 aromatic carbocycles. The number of methoxy groups -OCH3 is 1. The monoisotopic (exact) mass is 332 g/mol. The molecule has 130 valence electrons. The standard InChI is InChI=1S/C19H24O5/c1-5-13-11-19(17(20)23-6-2,18(21)24-7-3)12-14-8-9-15(22-4)10-16(13)14/h5,8-10,13H,1,6-7,11-12H2,2-4H3. The first-order valence-electron chi connectivity index (χ1n) is 8.16. The van der Waals surface area contributed by atoms with Crippen LogP contribution in [0, 0.1) is 5.41 Å². The third kappa shape index (κ3) is 3.16. The predicted molar refractivity (Wildman–Crippen MR) is 90.0 cm³/mol. The van der Waals surface area contributed by atoms with Crippen molar-refractivity contribution in [3.63, 3.8) is 0 Å². The first-order chi connectivity index (χ1) is 11.5. The molecule has 0 saturated heterocycles. The van der Waals surface area contributed by atoms with E-state index in [1.807, 2.05) is 18.2 Å². The molecular formula is C19H24O5. The molecule has 0 N–H and O–H groups in total. The minimum Gasteiger partial charge on any atom is -0.497 e. The Morgan fingerprint density at radius 2 is 1.88 bits per heavy atom. The highest BCUT2D eigenvalue weighted by atomic mass is 16.6. The number of hydrogen-bond acceptors (Lipinski definition) is 5. The van der Waals surface area contributed by atoms with E-state index < -0.39 is 17.4 Å². The van der Waals surface area contributed by atoms with E-state index in [0.717, 1.165) is 16.9 Å². The molecule has 2 rings (SSSR count). The van der Waals surface area contributed by atoms with Gasteiger partial charge < -0.3 is 14.2 Å². The smallest absolute Gasteiger partial charge is 0.323 e. The summed E-state index contributed by atoms with van der Waals surface area (Å²) >= 11 is 0. The van der Waals surface area contributed by atoms with Gasteiger partial charge in [0.25, 0.3) is 0 Å². The van der Waals surface area contributed by atoms with Crippen LogP contribution in [0.25, 0.3) is 0 Å². The van der Waals surface area contributed by atoms with Gasteiger partial charge in [0.15, 0.2) is 5.41 Å². The van der Waals surface area contributed by atoms with E-state index in [1.54, 1.807) is 27.0 Å². The molecule has 0 aliphatic heterocycles. The van der Waals surface area contributed by atoms with Crippen molar-refractivity contribution < 1.29 is 23.8 Å². The Balaban J connectivity index is 2.51. The SMILES string of the molecule is C=CC1CC(C(=O)OCC)(C(=O)OCC)Cc2ccc(OC)cc21. The topological polar surface area (TPSA) is 61.8 Å². The molecule has 1 unspecified atom stereocenters. The van der Waals surface area contributed by atoms with E-state index in [1.165, 1.54) is 0 Å². The van der Waals surface area contributed by atoms with Crippen molar-refractivity contribution >= 4 is 11.9 Å². The number of hydrogen-bond donors (Lipinski definition) is 0. The number of allylic oxidation sites excluding steroid dienone is 1. The molecule has 5 heteroatoms. The molecule has 1 aromatic rings. The lowest BCUT2D eigenvalue weighted by Gasteiger charge is -2.37. The normalized spacial score (nSPS) is 18.2. The Morgan fingerprint density at radius 1 is 1.25 bits per heavy atom. The lowest BCUT2D eigenvalue weighted by Crippen LogP contribution is -2.47. The summed E-state index contributed by atoms with van der Waals surface area (Å²) in [6, 6.07) is 5.64. The molecule has 0 radical (unpaired) electrons. The molecule has 1 aliphatic carbocycles. The van der Waals surface area contributed by atoms with Crippen LogP contribution in [0.1, 0.15) is 37.3 Å². The molecule has 24 heavy (non-hydrogen) atoms. The van der Waals surface area contributed by atoms with Gasteiger partial charge in [-0.3, -0.25) is 9.59 Å². The predicted octanol–water partition coefficient (Wildman–Crippen LogP) is 3.02. The van der Waals surface area contributed by atoms with Crippen LogP contribution >= 0.6 is 0 Å². The zero-order chi connectivity index (χ0) is 17.7. The van der Waals surface area contributed by atoms with Crippen LogP contribution in [0.3, 0.4) is 0 Å². The highest BCUT2D eigenvalue weighted by Crippen LogP contribution is 2.45. The summed E-state index contributed by atoms with van der Waals surface area (Å²) < 4.78 is 15.7. The van der Waals surface area contributed by atoms with Crippen molar-refractivity contribution in [3.8, 4) is 5.75 Å². The van der Waals surface area contributed by atoms with E-state index in [0.29, 0.717) is 0 Å². The summed E-state index contributed by atoms with van der Waals surface area (Å²) in [5.74, 6) is -0.480. The van der Waals surface area contributed by atoms with Crippen LogP contribution in [0.4, 0.5) is 0 Å². The number of fused-ring (bicyclic) bond motifs is 1. The van der Waals surface area contributed by atoms with E-state index >= 15 is 0 Å². The van der Waals surface area contributed by atoms with Gasteiger partial charge in [-0.15, -0.1) is 6.58 Å². The third-order valence-corrected chi connectivity index (χ3v) is 4.43. The van der Waals surface area contributed by atoms with Crippen molar-refractivity contribution in [1.29, 1.82) is 0 Å². The van der Waals surface area contributed by atoms with Crippen molar-refractivity contribution in [3.05, 3.63) is 42.0 Å². The molecule has 1 atom stereocenters. The summed E-state index contributed by atoms with van der Waals surface area (Å²) in [5.41, 5.74) is 0.605. The van der Waals surface area contributed by atoms with Crippen LogP contribution in [-0.2, 0) is 25.5 Å².